The van der Waals surface area contributed by atoms with Crippen LogP contribution in [0.3, 0.4) is 0 Å². The highest BCUT2D eigenvalue weighted by Gasteiger charge is 2.28. The molecule has 0 bridgehead atoms. The monoisotopic (exact) mass is 445 g/mol. The molecule has 0 aromatic heterocycles. The van der Waals surface area contributed by atoms with Crippen molar-refractivity contribution in [1.82, 2.24) is 9.80 Å². The fourth-order valence-electron chi connectivity index (χ4n) is 3.61. The van der Waals surface area contributed by atoms with E-state index in [1.807, 2.05) is 26.0 Å². The minimum Gasteiger partial charge on any atom is -0.493 e. The maximum absolute atomic E-state index is 12.9. The van der Waals surface area contributed by atoms with Crippen LogP contribution < -0.4 is 14.8 Å². The van der Waals surface area contributed by atoms with E-state index in [1.165, 1.54) is 0 Å². The minimum atomic E-state index is -0.322. The lowest BCUT2D eigenvalue weighted by atomic mass is 10.1. The molecule has 2 amide bonds. The highest BCUT2D eigenvalue weighted by Crippen LogP contribution is 2.28. The number of nitrogens with zero attached hydrogens (tertiary/aromatic N) is 2. The Morgan fingerprint density at radius 2 is 1.71 bits per heavy atom. The number of nitrogens with one attached hydrogen (secondary N) is 1. The third-order valence-corrected chi connectivity index (χ3v) is 6.09. The molecule has 0 aliphatic carbocycles. The van der Waals surface area contributed by atoms with Crippen LogP contribution in [0.4, 0.5) is 5.69 Å². The molecule has 2 aromatic carbocycles. The van der Waals surface area contributed by atoms with Crippen LogP contribution >= 0.6 is 11.6 Å². The van der Waals surface area contributed by atoms with E-state index in [-0.39, 0.29) is 17.9 Å². The Kier molecular flexibility index (Phi) is 7.41. The van der Waals surface area contributed by atoms with E-state index in [1.54, 1.807) is 43.4 Å². The van der Waals surface area contributed by atoms with Gasteiger partial charge in [-0.25, -0.2) is 0 Å². The van der Waals surface area contributed by atoms with E-state index in [0.29, 0.717) is 54.0 Å². The number of rotatable bonds is 6. The zero-order chi connectivity index (χ0) is 22.5. The smallest absolute Gasteiger partial charge is 0.254 e. The number of amides is 2. The van der Waals surface area contributed by atoms with Gasteiger partial charge in [0.05, 0.1) is 20.3 Å². The Balaban J connectivity index is 1.59. The number of ether oxygens (including phenoxy) is 2. The van der Waals surface area contributed by atoms with Gasteiger partial charge in [-0.2, -0.15) is 0 Å². The van der Waals surface area contributed by atoms with E-state index >= 15 is 0 Å². The molecule has 1 aliphatic heterocycles. The standard InChI is InChI=1S/C23H28ClN3O4/c1-15-18(24)6-5-7-19(15)25-22(28)16(2)26-10-12-27(13-11-26)23(29)17-8-9-20(30-3)21(14-17)31-4/h5-9,14,16H,10-13H2,1-4H3,(H,25,28). The fraction of sp³-hybridized carbons (Fsp3) is 0.391. The summed E-state index contributed by atoms with van der Waals surface area (Å²) in [6.45, 7) is 6.06. The summed E-state index contributed by atoms with van der Waals surface area (Å²) in [4.78, 5) is 29.5. The Morgan fingerprint density at radius 1 is 1.03 bits per heavy atom. The first-order valence-electron chi connectivity index (χ1n) is 10.2. The van der Waals surface area contributed by atoms with Gasteiger partial charge in [0.25, 0.3) is 5.91 Å². The van der Waals surface area contributed by atoms with Gasteiger partial charge in [0, 0.05) is 42.5 Å². The molecule has 166 valence electrons. The summed E-state index contributed by atoms with van der Waals surface area (Å²) in [5.41, 5.74) is 2.11. The number of halogens is 1. The lowest BCUT2D eigenvalue weighted by molar-refractivity contribution is -0.121. The van der Waals surface area contributed by atoms with Gasteiger partial charge in [0.15, 0.2) is 11.5 Å². The van der Waals surface area contributed by atoms with E-state index in [9.17, 15) is 9.59 Å². The van der Waals surface area contributed by atoms with Crippen molar-refractivity contribution in [2.45, 2.75) is 19.9 Å². The molecule has 1 heterocycles. The van der Waals surface area contributed by atoms with Gasteiger partial charge >= 0.3 is 0 Å². The Bertz CT molecular complexity index is 958. The molecule has 7 nitrogen and oxygen atoms in total. The first kappa shape index (κ1) is 22.9. The predicted octanol–water partition coefficient (Wildman–Crippen LogP) is 3.45. The zero-order valence-electron chi connectivity index (χ0n) is 18.3. The molecule has 1 unspecified atom stereocenters. The fourth-order valence-corrected chi connectivity index (χ4v) is 3.78. The van der Waals surface area contributed by atoms with Gasteiger partial charge in [0.1, 0.15) is 0 Å². The lowest BCUT2D eigenvalue weighted by Gasteiger charge is -2.37. The molecule has 31 heavy (non-hydrogen) atoms. The number of hydrogen-bond donors (Lipinski definition) is 1. The van der Waals surface area contributed by atoms with Crippen LogP contribution in [0.25, 0.3) is 0 Å². The van der Waals surface area contributed by atoms with Crippen molar-refractivity contribution in [3.63, 3.8) is 0 Å². The third-order valence-electron chi connectivity index (χ3n) is 5.68. The van der Waals surface area contributed by atoms with Crippen molar-refractivity contribution in [1.29, 1.82) is 0 Å². The Morgan fingerprint density at radius 3 is 2.35 bits per heavy atom. The Hall–Kier alpha value is -2.77. The highest BCUT2D eigenvalue weighted by molar-refractivity contribution is 6.31. The van der Waals surface area contributed by atoms with E-state index in [0.717, 1.165) is 5.56 Å². The quantitative estimate of drug-likeness (QED) is 0.737. The van der Waals surface area contributed by atoms with Gasteiger partial charge in [0.2, 0.25) is 5.91 Å². The number of methoxy groups -OCH3 is 2. The second-order valence-electron chi connectivity index (χ2n) is 7.48. The van der Waals surface area contributed by atoms with Crippen LogP contribution in [0.1, 0.15) is 22.8 Å². The summed E-state index contributed by atoms with van der Waals surface area (Å²) in [7, 11) is 3.10. The summed E-state index contributed by atoms with van der Waals surface area (Å²) in [6.07, 6.45) is 0. The SMILES string of the molecule is COc1ccc(C(=O)N2CCN(C(C)C(=O)Nc3cccc(Cl)c3C)CC2)cc1OC. The summed E-state index contributed by atoms with van der Waals surface area (Å²) < 4.78 is 10.5. The third kappa shape index (κ3) is 5.11. The van der Waals surface area contributed by atoms with E-state index in [2.05, 4.69) is 10.2 Å². The number of benzene rings is 2. The van der Waals surface area contributed by atoms with Crippen molar-refractivity contribution in [2.75, 3.05) is 45.7 Å². The molecular formula is C23H28ClN3O4. The van der Waals surface area contributed by atoms with Crippen LogP contribution in [-0.2, 0) is 4.79 Å². The minimum absolute atomic E-state index is 0.0627. The maximum atomic E-state index is 12.9. The van der Waals surface area contributed by atoms with Crippen molar-refractivity contribution < 1.29 is 19.1 Å². The Labute approximate surface area is 187 Å². The van der Waals surface area contributed by atoms with Gasteiger partial charge in [-0.1, -0.05) is 17.7 Å². The van der Waals surface area contributed by atoms with Crippen molar-refractivity contribution in [3.05, 3.63) is 52.5 Å². The van der Waals surface area contributed by atoms with Crippen LogP contribution in [0, 0.1) is 6.92 Å². The summed E-state index contributed by atoms with van der Waals surface area (Å²) in [5.74, 6) is 0.949. The molecule has 1 saturated heterocycles. The van der Waals surface area contributed by atoms with Gasteiger partial charge in [-0.15, -0.1) is 0 Å². The largest absolute Gasteiger partial charge is 0.493 e. The molecule has 1 fully saturated rings. The first-order chi connectivity index (χ1) is 14.8. The highest BCUT2D eigenvalue weighted by atomic mass is 35.5. The zero-order valence-corrected chi connectivity index (χ0v) is 19.0. The average molecular weight is 446 g/mol. The van der Waals surface area contributed by atoms with Crippen molar-refractivity contribution in [2.24, 2.45) is 0 Å². The summed E-state index contributed by atoms with van der Waals surface area (Å²) in [5, 5.41) is 3.58. The summed E-state index contributed by atoms with van der Waals surface area (Å²) in [6, 6.07) is 10.3. The molecule has 0 saturated carbocycles. The van der Waals surface area contributed by atoms with Gasteiger partial charge < -0.3 is 19.7 Å². The molecule has 1 atom stereocenters. The first-order valence-corrected chi connectivity index (χ1v) is 10.5. The van der Waals surface area contributed by atoms with Crippen molar-refractivity contribution in [3.8, 4) is 11.5 Å². The van der Waals surface area contributed by atoms with Crippen LogP contribution in [0.2, 0.25) is 5.02 Å². The number of hydrogen-bond acceptors (Lipinski definition) is 5. The number of piperazine rings is 1. The molecule has 8 heteroatoms. The molecule has 0 radical (unpaired) electrons. The number of carbonyl (C=O) groups is 2. The van der Waals surface area contributed by atoms with Crippen LogP contribution in [-0.4, -0.2) is 68.1 Å². The van der Waals surface area contributed by atoms with E-state index < -0.39 is 0 Å². The second kappa shape index (κ2) is 10.0. The van der Waals surface area contributed by atoms with E-state index in [4.69, 9.17) is 21.1 Å². The summed E-state index contributed by atoms with van der Waals surface area (Å²) >= 11 is 6.14. The lowest BCUT2D eigenvalue weighted by Crippen LogP contribution is -2.54. The number of carbonyl (C=O) groups excluding carboxylic acids is 2. The normalized spacial score (nSPS) is 15.3. The van der Waals surface area contributed by atoms with Crippen LogP contribution in [0.15, 0.2) is 36.4 Å². The molecule has 1 N–H and O–H groups in total. The molecule has 1 aliphatic rings. The molecular weight excluding hydrogens is 418 g/mol. The topological polar surface area (TPSA) is 71.1 Å². The molecule has 2 aromatic rings. The van der Waals surface area contributed by atoms with Gasteiger partial charge in [-0.05, 0) is 49.7 Å². The number of anilines is 1. The second-order valence-corrected chi connectivity index (χ2v) is 7.88. The maximum Gasteiger partial charge on any atom is 0.254 e. The van der Waals surface area contributed by atoms with Gasteiger partial charge in [-0.3, -0.25) is 14.5 Å². The van der Waals surface area contributed by atoms with Crippen molar-refractivity contribution >= 4 is 29.1 Å². The average Bonchev–Trinajstić information content (AvgIpc) is 2.80. The van der Waals surface area contributed by atoms with Crippen LogP contribution in [0.5, 0.6) is 11.5 Å². The predicted molar refractivity (Wildman–Crippen MR) is 121 cm³/mol. The molecule has 3 rings (SSSR count). The molecule has 0 spiro atoms.